The number of hydrazine groups is 1. The molecule has 1 heterocycles. The molecular weight excluding hydrogens is 248 g/mol. The van der Waals surface area contributed by atoms with Crippen molar-refractivity contribution >= 4 is 11.0 Å². The molecule has 1 aromatic carbocycles. The maximum absolute atomic E-state index is 5.81. The average molecular weight is 270 g/mol. The van der Waals surface area contributed by atoms with Crippen molar-refractivity contribution in [2.45, 2.75) is 44.6 Å². The Morgan fingerprint density at radius 1 is 1.15 bits per heavy atom. The lowest BCUT2D eigenvalue weighted by Gasteiger charge is -2.26. The minimum absolute atomic E-state index is 0.165. The lowest BCUT2D eigenvalue weighted by atomic mass is 9.83. The van der Waals surface area contributed by atoms with E-state index >= 15 is 0 Å². The smallest absolute Gasteiger partial charge is 0.0935 e. The van der Waals surface area contributed by atoms with Crippen molar-refractivity contribution in [3.05, 3.63) is 36.2 Å². The number of hydrogen-bond donors (Lipinski definition) is 2. The van der Waals surface area contributed by atoms with Crippen LogP contribution in [0.25, 0.3) is 11.0 Å². The summed E-state index contributed by atoms with van der Waals surface area (Å²) in [5, 5.41) is 0. The largest absolute Gasteiger partial charge is 0.271 e. The monoisotopic (exact) mass is 270 g/mol. The van der Waals surface area contributed by atoms with Gasteiger partial charge in [-0.2, -0.15) is 0 Å². The summed E-state index contributed by atoms with van der Waals surface area (Å²) in [7, 11) is 0. The van der Waals surface area contributed by atoms with Gasteiger partial charge in [0.1, 0.15) is 0 Å². The van der Waals surface area contributed by atoms with Crippen LogP contribution in [0.4, 0.5) is 0 Å². The highest BCUT2D eigenvalue weighted by atomic mass is 15.2. The second-order valence-corrected chi connectivity index (χ2v) is 5.73. The first-order chi connectivity index (χ1) is 9.88. The standard InChI is InChI=1S/C16H22N4/c17-20-15(11-12-5-2-1-3-6-12)13-7-4-8-14-16(13)19-10-9-18-14/h4,7-10,12,15,20H,1-3,5-6,11,17H2. The average Bonchev–Trinajstić information content (AvgIpc) is 2.53. The van der Waals surface area contributed by atoms with E-state index in [0.29, 0.717) is 0 Å². The SMILES string of the molecule is NNC(CC1CCCCC1)c1cccc2nccnc12. The summed E-state index contributed by atoms with van der Waals surface area (Å²) in [4.78, 5) is 8.86. The molecule has 0 radical (unpaired) electrons. The zero-order valence-corrected chi connectivity index (χ0v) is 11.8. The van der Waals surface area contributed by atoms with E-state index in [1.54, 1.807) is 12.4 Å². The van der Waals surface area contributed by atoms with Crippen molar-refractivity contribution in [3.8, 4) is 0 Å². The molecule has 0 saturated heterocycles. The molecule has 3 rings (SSSR count). The Kier molecular flexibility index (Phi) is 4.23. The van der Waals surface area contributed by atoms with E-state index in [1.807, 2.05) is 12.1 Å². The number of rotatable bonds is 4. The van der Waals surface area contributed by atoms with Gasteiger partial charge in [-0.25, -0.2) is 0 Å². The molecule has 0 bridgehead atoms. The second-order valence-electron chi connectivity index (χ2n) is 5.73. The molecular formula is C16H22N4. The summed E-state index contributed by atoms with van der Waals surface area (Å²) in [6.45, 7) is 0. The normalized spacial score (nSPS) is 18.2. The maximum Gasteiger partial charge on any atom is 0.0935 e. The van der Waals surface area contributed by atoms with E-state index in [-0.39, 0.29) is 6.04 Å². The molecule has 1 aromatic heterocycles. The molecule has 0 amide bonds. The van der Waals surface area contributed by atoms with Gasteiger partial charge < -0.3 is 0 Å². The topological polar surface area (TPSA) is 63.8 Å². The van der Waals surface area contributed by atoms with E-state index in [1.165, 1.54) is 37.7 Å². The van der Waals surface area contributed by atoms with Crippen molar-refractivity contribution in [2.24, 2.45) is 11.8 Å². The number of fused-ring (bicyclic) bond motifs is 1. The first-order valence-electron chi connectivity index (χ1n) is 7.54. The van der Waals surface area contributed by atoms with Crippen LogP contribution in [-0.2, 0) is 0 Å². The molecule has 1 unspecified atom stereocenters. The molecule has 4 nitrogen and oxygen atoms in total. The third-order valence-electron chi connectivity index (χ3n) is 4.40. The molecule has 106 valence electrons. The highest BCUT2D eigenvalue weighted by Crippen LogP contribution is 2.33. The molecule has 0 aliphatic heterocycles. The number of hydrogen-bond acceptors (Lipinski definition) is 4. The van der Waals surface area contributed by atoms with Crippen LogP contribution in [0, 0.1) is 5.92 Å². The lowest BCUT2D eigenvalue weighted by molar-refractivity contribution is 0.301. The van der Waals surface area contributed by atoms with Gasteiger partial charge in [-0.05, 0) is 24.0 Å². The highest BCUT2D eigenvalue weighted by Gasteiger charge is 2.21. The van der Waals surface area contributed by atoms with E-state index in [0.717, 1.165) is 23.4 Å². The summed E-state index contributed by atoms with van der Waals surface area (Å²) >= 11 is 0. The summed E-state index contributed by atoms with van der Waals surface area (Å²) in [5.41, 5.74) is 6.07. The predicted molar refractivity (Wildman–Crippen MR) is 80.8 cm³/mol. The fraction of sp³-hybridized carbons (Fsp3) is 0.500. The first-order valence-corrected chi connectivity index (χ1v) is 7.54. The predicted octanol–water partition coefficient (Wildman–Crippen LogP) is 3.10. The Labute approximate surface area is 119 Å². The quantitative estimate of drug-likeness (QED) is 0.662. The summed E-state index contributed by atoms with van der Waals surface area (Å²) in [6, 6.07) is 6.32. The third kappa shape index (κ3) is 2.81. The van der Waals surface area contributed by atoms with Gasteiger partial charge >= 0.3 is 0 Å². The number of aromatic nitrogens is 2. The van der Waals surface area contributed by atoms with Crippen LogP contribution in [0.15, 0.2) is 30.6 Å². The van der Waals surface area contributed by atoms with Crippen molar-refractivity contribution in [3.63, 3.8) is 0 Å². The molecule has 20 heavy (non-hydrogen) atoms. The van der Waals surface area contributed by atoms with Crippen LogP contribution in [0.2, 0.25) is 0 Å². The number of nitrogens with zero attached hydrogens (tertiary/aromatic N) is 2. The Bertz CT molecular complexity index is 558. The van der Waals surface area contributed by atoms with Crippen LogP contribution in [0.3, 0.4) is 0 Å². The minimum Gasteiger partial charge on any atom is -0.271 e. The van der Waals surface area contributed by atoms with Crippen LogP contribution < -0.4 is 11.3 Å². The molecule has 0 spiro atoms. The fourth-order valence-electron chi connectivity index (χ4n) is 3.34. The number of benzene rings is 1. The highest BCUT2D eigenvalue weighted by molar-refractivity contribution is 5.78. The molecule has 1 atom stereocenters. The van der Waals surface area contributed by atoms with Gasteiger partial charge in [0.25, 0.3) is 0 Å². The number of nitrogens with one attached hydrogen (secondary N) is 1. The van der Waals surface area contributed by atoms with Crippen molar-refractivity contribution in [2.75, 3.05) is 0 Å². The van der Waals surface area contributed by atoms with Crippen LogP contribution in [0.1, 0.15) is 50.1 Å². The van der Waals surface area contributed by atoms with Crippen LogP contribution >= 0.6 is 0 Å². The van der Waals surface area contributed by atoms with Gasteiger partial charge in [0.05, 0.1) is 11.0 Å². The zero-order valence-electron chi connectivity index (χ0n) is 11.8. The molecule has 1 saturated carbocycles. The molecule has 1 aliphatic carbocycles. The molecule has 4 heteroatoms. The van der Waals surface area contributed by atoms with Gasteiger partial charge in [-0.1, -0.05) is 44.2 Å². The Morgan fingerprint density at radius 3 is 2.75 bits per heavy atom. The molecule has 2 aromatic rings. The zero-order chi connectivity index (χ0) is 13.8. The van der Waals surface area contributed by atoms with Gasteiger partial charge in [0.2, 0.25) is 0 Å². The van der Waals surface area contributed by atoms with E-state index in [2.05, 4.69) is 21.5 Å². The van der Waals surface area contributed by atoms with Crippen molar-refractivity contribution in [1.82, 2.24) is 15.4 Å². The summed E-state index contributed by atoms with van der Waals surface area (Å²) in [5.74, 6) is 6.59. The summed E-state index contributed by atoms with van der Waals surface area (Å²) in [6.07, 6.45) is 11.3. The molecule has 3 N–H and O–H groups in total. The van der Waals surface area contributed by atoms with Gasteiger partial charge in [0, 0.05) is 18.4 Å². The van der Waals surface area contributed by atoms with Crippen molar-refractivity contribution < 1.29 is 0 Å². The van der Waals surface area contributed by atoms with E-state index in [9.17, 15) is 0 Å². The Balaban J connectivity index is 1.86. The third-order valence-corrected chi connectivity index (χ3v) is 4.40. The maximum atomic E-state index is 5.81. The van der Waals surface area contributed by atoms with Gasteiger partial charge in [-0.3, -0.25) is 21.2 Å². The van der Waals surface area contributed by atoms with Gasteiger partial charge in [0.15, 0.2) is 0 Å². The van der Waals surface area contributed by atoms with Crippen LogP contribution in [-0.4, -0.2) is 9.97 Å². The van der Waals surface area contributed by atoms with Gasteiger partial charge in [-0.15, -0.1) is 0 Å². The molecule has 1 fully saturated rings. The fourth-order valence-corrected chi connectivity index (χ4v) is 3.34. The number of nitrogens with two attached hydrogens (primary N) is 1. The Morgan fingerprint density at radius 2 is 1.95 bits per heavy atom. The minimum atomic E-state index is 0.165. The lowest BCUT2D eigenvalue weighted by Crippen LogP contribution is -2.30. The second kappa shape index (κ2) is 6.29. The first kappa shape index (κ1) is 13.5. The number of para-hydroxylation sites is 1. The summed E-state index contributed by atoms with van der Waals surface area (Å²) < 4.78 is 0. The van der Waals surface area contributed by atoms with Crippen LogP contribution in [0.5, 0.6) is 0 Å². The van der Waals surface area contributed by atoms with E-state index in [4.69, 9.17) is 5.84 Å². The molecule has 1 aliphatic rings. The van der Waals surface area contributed by atoms with E-state index < -0.39 is 0 Å². The van der Waals surface area contributed by atoms with Crippen molar-refractivity contribution in [1.29, 1.82) is 0 Å². The Hall–Kier alpha value is -1.52.